The molecule has 1 aromatic rings. The van der Waals surface area contributed by atoms with Gasteiger partial charge in [-0.3, -0.25) is 10.1 Å². The minimum Gasteiger partial charge on any atom is -0.484 e. The maximum atomic E-state index is 11.2. The monoisotopic (exact) mass is 276 g/mol. The fourth-order valence-corrected chi connectivity index (χ4v) is 1.78. The summed E-state index contributed by atoms with van der Waals surface area (Å²) >= 11 is 0. The lowest BCUT2D eigenvalue weighted by atomic mass is 10.2. The number of nitro benzene ring substituents is 1. The quantitative estimate of drug-likeness (QED) is 0.341. The molecule has 1 aromatic carbocycles. The Morgan fingerprint density at radius 1 is 1.45 bits per heavy atom. The topological polar surface area (TPSA) is 64.4 Å². The summed E-state index contributed by atoms with van der Waals surface area (Å²) in [6.07, 6.45) is 7.56. The summed E-state index contributed by atoms with van der Waals surface area (Å²) in [7, 11) is 0. The van der Waals surface area contributed by atoms with Gasteiger partial charge in [0.1, 0.15) is 5.69 Å². The molecule has 108 valence electrons. The van der Waals surface area contributed by atoms with Gasteiger partial charge < -0.3 is 10.1 Å². The summed E-state index contributed by atoms with van der Waals surface area (Å²) in [6, 6.07) is 5.04. The highest BCUT2D eigenvalue weighted by Crippen LogP contribution is 2.35. The summed E-state index contributed by atoms with van der Waals surface area (Å²) in [6.45, 7) is 4.32. The van der Waals surface area contributed by atoms with E-state index in [-0.39, 0.29) is 11.8 Å². The highest BCUT2D eigenvalue weighted by atomic mass is 16.6. The van der Waals surface area contributed by atoms with Crippen LogP contribution >= 0.6 is 0 Å². The molecule has 0 spiro atoms. The van der Waals surface area contributed by atoms with Crippen molar-refractivity contribution in [3.05, 3.63) is 28.3 Å². The smallest absolute Gasteiger partial charge is 0.333 e. The Labute approximate surface area is 119 Å². The standard InChI is InChI=1S/C15H20N2O3/c1-4-5-6-7-11-16-13-9-8-10-14(20-12(2)3)15(13)17(18)19/h1,8-10,12,16H,5-7,11H2,2-3H3. The number of rotatable bonds is 8. The van der Waals surface area contributed by atoms with Crippen LogP contribution in [0.3, 0.4) is 0 Å². The van der Waals surface area contributed by atoms with Crippen LogP contribution in [0.25, 0.3) is 0 Å². The Balaban J connectivity index is 2.79. The number of nitrogens with one attached hydrogen (secondary N) is 1. The molecule has 0 unspecified atom stereocenters. The van der Waals surface area contributed by atoms with Crippen LogP contribution in [-0.2, 0) is 0 Å². The zero-order valence-corrected chi connectivity index (χ0v) is 11.9. The minimum atomic E-state index is -0.415. The van der Waals surface area contributed by atoms with E-state index < -0.39 is 4.92 Å². The van der Waals surface area contributed by atoms with Gasteiger partial charge in [-0.2, -0.15) is 0 Å². The van der Waals surface area contributed by atoms with Crippen molar-refractivity contribution in [1.29, 1.82) is 0 Å². The zero-order chi connectivity index (χ0) is 15.0. The van der Waals surface area contributed by atoms with Gasteiger partial charge in [-0.25, -0.2) is 0 Å². The minimum absolute atomic E-state index is 0.0156. The van der Waals surface area contributed by atoms with E-state index in [9.17, 15) is 10.1 Å². The van der Waals surface area contributed by atoms with E-state index >= 15 is 0 Å². The van der Waals surface area contributed by atoms with Crippen molar-refractivity contribution in [2.75, 3.05) is 11.9 Å². The lowest BCUT2D eigenvalue weighted by molar-refractivity contribution is -0.385. The average molecular weight is 276 g/mol. The van der Waals surface area contributed by atoms with E-state index in [0.29, 0.717) is 18.0 Å². The zero-order valence-electron chi connectivity index (χ0n) is 11.9. The highest BCUT2D eigenvalue weighted by molar-refractivity contribution is 5.68. The third kappa shape index (κ3) is 4.81. The largest absolute Gasteiger partial charge is 0.484 e. The van der Waals surface area contributed by atoms with Crippen molar-refractivity contribution in [1.82, 2.24) is 0 Å². The number of terminal acetylenes is 1. The van der Waals surface area contributed by atoms with E-state index in [4.69, 9.17) is 11.2 Å². The van der Waals surface area contributed by atoms with Gasteiger partial charge in [0, 0.05) is 13.0 Å². The summed E-state index contributed by atoms with van der Waals surface area (Å²) in [5.41, 5.74) is 0.465. The van der Waals surface area contributed by atoms with E-state index in [1.165, 1.54) is 0 Å². The van der Waals surface area contributed by atoms with Crippen molar-refractivity contribution in [3.63, 3.8) is 0 Å². The number of anilines is 1. The van der Waals surface area contributed by atoms with Gasteiger partial charge >= 0.3 is 5.69 Å². The van der Waals surface area contributed by atoms with Crippen molar-refractivity contribution < 1.29 is 9.66 Å². The lowest BCUT2D eigenvalue weighted by Gasteiger charge is -2.13. The number of unbranched alkanes of at least 4 members (excludes halogenated alkanes) is 2. The van der Waals surface area contributed by atoms with Crippen molar-refractivity contribution >= 4 is 11.4 Å². The van der Waals surface area contributed by atoms with Crippen LogP contribution in [0.15, 0.2) is 18.2 Å². The van der Waals surface area contributed by atoms with Gasteiger partial charge in [-0.05, 0) is 38.8 Å². The molecule has 0 amide bonds. The van der Waals surface area contributed by atoms with Crippen molar-refractivity contribution in [2.45, 2.75) is 39.2 Å². The van der Waals surface area contributed by atoms with Crippen molar-refractivity contribution in [3.8, 4) is 18.1 Å². The molecule has 0 atom stereocenters. The number of hydrogen-bond donors (Lipinski definition) is 1. The van der Waals surface area contributed by atoms with E-state index in [2.05, 4.69) is 11.2 Å². The molecule has 0 saturated heterocycles. The molecule has 0 aliphatic carbocycles. The van der Waals surface area contributed by atoms with Crippen molar-refractivity contribution in [2.24, 2.45) is 0 Å². The van der Waals surface area contributed by atoms with Crippen LogP contribution in [0, 0.1) is 22.5 Å². The summed E-state index contributed by atoms with van der Waals surface area (Å²) in [4.78, 5) is 10.8. The lowest BCUT2D eigenvalue weighted by Crippen LogP contribution is -2.10. The first kappa shape index (κ1) is 15.8. The van der Waals surface area contributed by atoms with Crippen LogP contribution in [0.1, 0.15) is 33.1 Å². The second-order valence-corrected chi connectivity index (χ2v) is 4.66. The number of nitrogens with zero attached hydrogens (tertiary/aromatic N) is 1. The predicted molar refractivity (Wildman–Crippen MR) is 80.0 cm³/mol. The molecule has 0 aliphatic rings. The molecule has 0 saturated carbocycles. The maximum Gasteiger partial charge on any atom is 0.333 e. The summed E-state index contributed by atoms with van der Waals surface area (Å²) in [5, 5.41) is 14.3. The Kier molecular flexibility index (Phi) is 6.38. The van der Waals surface area contributed by atoms with Gasteiger partial charge in [0.05, 0.1) is 11.0 Å². The van der Waals surface area contributed by atoms with E-state index in [1.807, 2.05) is 13.8 Å². The Morgan fingerprint density at radius 3 is 2.80 bits per heavy atom. The molecule has 1 rings (SSSR count). The number of nitro groups is 1. The SMILES string of the molecule is C#CCCCCNc1cccc(OC(C)C)c1[N+](=O)[O-]. The second-order valence-electron chi connectivity index (χ2n) is 4.66. The summed E-state index contributed by atoms with van der Waals surface area (Å²) < 4.78 is 5.48. The third-order valence-corrected chi connectivity index (χ3v) is 2.61. The van der Waals surface area contributed by atoms with Gasteiger partial charge in [0.25, 0.3) is 0 Å². The Morgan fingerprint density at radius 2 is 2.20 bits per heavy atom. The molecule has 0 radical (unpaired) electrons. The average Bonchev–Trinajstić information content (AvgIpc) is 2.37. The molecule has 0 fully saturated rings. The van der Waals surface area contributed by atoms with E-state index in [1.54, 1.807) is 18.2 Å². The third-order valence-electron chi connectivity index (χ3n) is 2.61. The van der Waals surface area contributed by atoms with E-state index in [0.717, 1.165) is 19.3 Å². The van der Waals surface area contributed by atoms with Crippen LogP contribution in [0.5, 0.6) is 5.75 Å². The van der Waals surface area contributed by atoms with Gasteiger partial charge in [-0.1, -0.05) is 6.07 Å². The number of benzene rings is 1. The van der Waals surface area contributed by atoms with Crippen LogP contribution in [0.4, 0.5) is 11.4 Å². The molecular weight excluding hydrogens is 256 g/mol. The normalized spacial score (nSPS) is 10.1. The number of ether oxygens (including phenoxy) is 1. The molecular formula is C15H20N2O3. The molecule has 0 bridgehead atoms. The molecule has 5 nitrogen and oxygen atoms in total. The molecule has 0 aliphatic heterocycles. The molecule has 20 heavy (non-hydrogen) atoms. The summed E-state index contributed by atoms with van der Waals surface area (Å²) in [5.74, 6) is 2.86. The highest BCUT2D eigenvalue weighted by Gasteiger charge is 2.21. The molecule has 0 heterocycles. The molecule has 1 N–H and O–H groups in total. The predicted octanol–water partition coefficient (Wildman–Crippen LogP) is 3.60. The number of para-hydroxylation sites is 1. The van der Waals surface area contributed by atoms with Gasteiger partial charge in [-0.15, -0.1) is 12.3 Å². The Hall–Kier alpha value is -2.22. The first-order chi connectivity index (χ1) is 9.56. The van der Waals surface area contributed by atoms with Crippen LogP contribution in [-0.4, -0.2) is 17.6 Å². The van der Waals surface area contributed by atoms with Crippen LogP contribution in [0.2, 0.25) is 0 Å². The molecule has 0 aromatic heterocycles. The maximum absolute atomic E-state index is 11.2. The first-order valence-corrected chi connectivity index (χ1v) is 6.67. The fourth-order valence-electron chi connectivity index (χ4n) is 1.78. The van der Waals surface area contributed by atoms with Gasteiger partial charge in [0.15, 0.2) is 5.75 Å². The van der Waals surface area contributed by atoms with Gasteiger partial charge in [0.2, 0.25) is 0 Å². The second kappa shape index (κ2) is 8.05. The van der Waals surface area contributed by atoms with Crippen LogP contribution < -0.4 is 10.1 Å². The number of hydrogen-bond acceptors (Lipinski definition) is 4. The Bertz CT molecular complexity index is 492. The molecule has 5 heteroatoms. The first-order valence-electron chi connectivity index (χ1n) is 6.67. The fraction of sp³-hybridized carbons (Fsp3) is 0.467.